The van der Waals surface area contributed by atoms with E-state index >= 15 is 0 Å². The van der Waals surface area contributed by atoms with Crippen LogP contribution in [-0.4, -0.2) is 17.0 Å². The smallest absolute Gasteiger partial charge is 0.328 e. The van der Waals surface area contributed by atoms with Crippen LogP contribution in [0.3, 0.4) is 0 Å². The monoisotopic (exact) mass is 244 g/mol. The van der Waals surface area contributed by atoms with E-state index in [2.05, 4.69) is 20.9 Å². The molecule has 0 amide bonds. The number of hydrogen-bond donors (Lipinski definition) is 1. The van der Waals surface area contributed by atoms with Gasteiger partial charge >= 0.3 is 5.97 Å². The summed E-state index contributed by atoms with van der Waals surface area (Å²) in [4.78, 5) is 14.9. The molecule has 0 bridgehead atoms. The van der Waals surface area contributed by atoms with Gasteiger partial charge in [-0.1, -0.05) is 0 Å². The SMILES string of the molecule is CC(N)C(=O)Oc1cncc(Br)c1. The first-order chi connectivity index (χ1) is 6.09. The minimum absolute atomic E-state index is 0.386. The Bertz CT molecular complexity index is 315. The van der Waals surface area contributed by atoms with E-state index in [-0.39, 0.29) is 0 Å². The van der Waals surface area contributed by atoms with Crippen LogP contribution >= 0.6 is 15.9 Å². The Kier molecular flexibility index (Phi) is 3.39. The zero-order chi connectivity index (χ0) is 9.84. The molecule has 0 saturated carbocycles. The second-order valence-electron chi connectivity index (χ2n) is 2.55. The predicted molar refractivity (Wildman–Crippen MR) is 51.2 cm³/mol. The second kappa shape index (κ2) is 4.34. The summed E-state index contributed by atoms with van der Waals surface area (Å²) in [7, 11) is 0. The van der Waals surface area contributed by atoms with Gasteiger partial charge in [0.15, 0.2) is 0 Å². The minimum atomic E-state index is -0.626. The lowest BCUT2D eigenvalue weighted by Gasteiger charge is -2.05. The van der Waals surface area contributed by atoms with Gasteiger partial charge in [-0.3, -0.25) is 4.98 Å². The zero-order valence-corrected chi connectivity index (χ0v) is 8.61. The quantitative estimate of drug-likeness (QED) is 0.792. The molecule has 0 saturated heterocycles. The van der Waals surface area contributed by atoms with E-state index in [1.54, 1.807) is 19.2 Å². The highest BCUT2D eigenvalue weighted by molar-refractivity contribution is 9.10. The van der Waals surface area contributed by atoms with Gasteiger partial charge in [-0.2, -0.15) is 0 Å². The number of nitrogens with two attached hydrogens (primary N) is 1. The number of carbonyl (C=O) groups is 1. The largest absolute Gasteiger partial charge is 0.424 e. The number of hydrogen-bond acceptors (Lipinski definition) is 4. The van der Waals surface area contributed by atoms with Gasteiger partial charge < -0.3 is 10.5 Å². The summed E-state index contributed by atoms with van der Waals surface area (Å²) < 4.78 is 5.65. The molecule has 0 aliphatic heterocycles. The van der Waals surface area contributed by atoms with Crippen molar-refractivity contribution < 1.29 is 9.53 Å². The lowest BCUT2D eigenvalue weighted by atomic mass is 10.4. The maximum absolute atomic E-state index is 11.0. The maximum atomic E-state index is 11.0. The third kappa shape index (κ3) is 3.12. The Balaban J connectivity index is 2.69. The van der Waals surface area contributed by atoms with E-state index < -0.39 is 12.0 Å². The van der Waals surface area contributed by atoms with Gasteiger partial charge in [-0.05, 0) is 28.9 Å². The fourth-order valence-electron chi connectivity index (χ4n) is 0.657. The van der Waals surface area contributed by atoms with Crippen LogP contribution in [0, 0.1) is 0 Å². The van der Waals surface area contributed by atoms with Crippen molar-refractivity contribution in [3.05, 3.63) is 22.9 Å². The first-order valence-corrected chi connectivity index (χ1v) is 4.46. The molecule has 1 aromatic rings. The lowest BCUT2D eigenvalue weighted by Crippen LogP contribution is -2.30. The van der Waals surface area contributed by atoms with Gasteiger partial charge in [0.1, 0.15) is 11.8 Å². The number of carbonyl (C=O) groups excluding carboxylic acids is 1. The third-order valence-electron chi connectivity index (χ3n) is 1.27. The lowest BCUT2D eigenvalue weighted by molar-refractivity contribution is -0.135. The molecule has 1 atom stereocenters. The van der Waals surface area contributed by atoms with Crippen LogP contribution in [-0.2, 0) is 4.79 Å². The molecule has 70 valence electrons. The van der Waals surface area contributed by atoms with Crippen LogP contribution < -0.4 is 10.5 Å². The molecule has 2 N–H and O–H groups in total. The topological polar surface area (TPSA) is 65.2 Å². The van der Waals surface area contributed by atoms with Gasteiger partial charge in [0, 0.05) is 10.7 Å². The Hall–Kier alpha value is -0.940. The van der Waals surface area contributed by atoms with E-state index in [9.17, 15) is 4.79 Å². The number of pyridine rings is 1. The van der Waals surface area contributed by atoms with E-state index in [0.29, 0.717) is 5.75 Å². The van der Waals surface area contributed by atoms with Crippen molar-refractivity contribution >= 4 is 21.9 Å². The highest BCUT2D eigenvalue weighted by atomic mass is 79.9. The summed E-state index contributed by atoms with van der Waals surface area (Å²) >= 11 is 3.20. The van der Waals surface area contributed by atoms with Crippen molar-refractivity contribution in [2.45, 2.75) is 13.0 Å². The minimum Gasteiger partial charge on any atom is -0.424 e. The summed E-state index contributed by atoms with van der Waals surface area (Å²) in [6.45, 7) is 1.56. The van der Waals surface area contributed by atoms with Crippen molar-refractivity contribution in [2.75, 3.05) is 0 Å². The molecule has 1 heterocycles. The molecule has 0 aliphatic rings. The van der Waals surface area contributed by atoms with Crippen molar-refractivity contribution in [2.24, 2.45) is 5.73 Å². The van der Waals surface area contributed by atoms with Crippen molar-refractivity contribution in [1.29, 1.82) is 0 Å². The average Bonchev–Trinajstić information content (AvgIpc) is 2.04. The summed E-state index contributed by atoms with van der Waals surface area (Å²) in [5.74, 6) is -0.0865. The van der Waals surface area contributed by atoms with Gasteiger partial charge in [-0.25, -0.2) is 4.79 Å². The standard InChI is InChI=1S/C8H9BrN2O2/c1-5(10)8(12)13-7-2-6(9)3-11-4-7/h2-5H,10H2,1H3. The Labute approximate surface area is 84.2 Å². The molecule has 1 rings (SSSR count). The Morgan fingerprint density at radius 3 is 2.92 bits per heavy atom. The van der Waals surface area contributed by atoms with Crippen LogP contribution in [0.25, 0.3) is 0 Å². The highest BCUT2D eigenvalue weighted by Gasteiger charge is 2.09. The molecule has 4 nitrogen and oxygen atoms in total. The molecule has 0 spiro atoms. The first-order valence-electron chi connectivity index (χ1n) is 3.67. The molecular weight excluding hydrogens is 236 g/mol. The van der Waals surface area contributed by atoms with Crippen molar-refractivity contribution in [3.63, 3.8) is 0 Å². The fourth-order valence-corrected chi connectivity index (χ4v) is 1.00. The normalized spacial score (nSPS) is 12.2. The van der Waals surface area contributed by atoms with E-state index in [1.807, 2.05) is 0 Å². The summed E-state index contributed by atoms with van der Waals surface area (Å²) in [6, 6.07) is 1.02. The van der Waals surface area contributed by atoms with Crippen LogP contribution in [0.5, 0.6) is 5.75 Å². The molecule has 1 aromatic heterocycles. The van der Waals surface area contributed by atoms with E-state index in [4.69, 9.17) is 10.5 Å². The van der Waals surface area contributed by atoms with E-state index in [0.717, 1.165) is 4.47 Å². The second-order valence-corrected chi connectivity index (χ2v) is 3.46. The first kappa shape index (κ1) is 10.1. The number of nitrogens with zero attached hydrogens (tertiary/aromatic N) is 1. The van der Waals surface area contributed by atoms with Crippen molar-refractivity contribution in [3.8, 4) is 5.75 Å². The van der Waals surface area contributed by atoms with Gasteiger partial charge in [-0.15, -0.1) is 0 Å². The molecule has 0 radical (unpaired) electrons. The Morgan fingerprint density at radius 1 is 1.69 bits per heavy atom. The van der Waals surface area contributed by atoms with Crippen LogP contribution in [0.4, 0.5) is 0 Å². The van der Waals surface area contributed by atoms with Gasteiger partial charge in [0.05, 0.1) is 6.20 Å². The Morgan fingerprint density at radius 2 is 2.38 bits per heavy atom. The van der Waals surface area contributed by atoms with E-state index in [1.165, 1.54) is 6.20 Å². The van der Waals surface area contributed by atoms with Crippen LogP contribution in [0.1, 0.15) is 6.92 Å². The number of aromatic nitrogens is 1. The maximum Gasteiger partial charge on any atom is 0.328 e. The average molecular weight is 245 g/mol. The molecule has 13 heavy (non-hydrogen) atoms. The number of halogens is 1. The van der Waals surface area contributed by atoms with Crippen LogP contribution in [0.15, 0.2) is 22.9 Å². The predicted octanol–water partition coefficient (Wildman–Crippen LogP) is 1.10. The number of rotatable bonds is 2. The summed E-state index contributed by atoms with van der Waals surface area (Å²) in [6.07, 6.45) is 3.05. The third-order valence-corrected chi connectivity index (χ3v) is 1.70. The molecule has 0 fully saturated rings. The molecule has 1 unspecified atom stereocenters. The number of esters is 1. The van der Waals surface area contributed by atoms with Gasteiger partial charge in [0.2, 0.25) is 0 Å². The fraction of sp³-hybridized carbons (Fsp3) is 0.250. The van der Waals surface area contributed by atoms with Gasteiger partial charge in [0.25, 0.3) is 0 Å². The highest BCUT2D eigenvalue weighted by Crippen LogP contribution is 2.15. The van der Waals surface area contributed by atoms with Crippen LogP contribution in [0.2, 0.25) is 0 Å². The molecular formula is C8H9BrN2O2. The molecule has 0 aliphatic carbocycles. The summed E-state index contributed by atoms with van der Waals surface area (Å²) in [5.41, 5.74) is 5.32. The molecule has 0 aromatic carbocycles. The zero-order valence-electron chi connectivity index (χ0n) is 7.03. The molecule has 5 heteroatoms. The van der Waals surface area contributed by atoms with Crippen molar-refractivity contribution in [1.82, 2.24) is 4.98 Å². The number of ether oxygens (including phenoxy) is 1. The summed E-state index contributed by atoms with van der Waals surface area (Å²) in [5, 5.41) is 0.